The first-order chi connectivity index (χ1) is 14.1. The first-order valence-corrected chi connectivity index (χ1v) is 8.82. The Balaban J connectivity index is 1.94. The van der Waals surface area contributed by atoms with Crippen LogP contribution in [0.3, 0.4) is 0 Å². The van der Waals surface area contributed by atoms with E-state index in [4.69, 9.17) is 9.84 Å². The molecule has 9 heteroatoms. The lowest BCUT2D eigenvalue weighted by Crippen LogP contribution is -2.68. The highest BCUT2D eigenvalue weighted by Crippen LogP contribution is 2.53. The molecule has 0 bridgehead atoms. The van der Waals surface area contributed by atoms with Gasteiger partial charge in [-0.05, 0) is 11.1 Å². The Hall–Kier alpha value is -2.94. The van der Waals surface area contributed by atoms with Crippen LogP contribution in [0.5, 0.6) is 0 Å². The van der Waals surface area contributed by atoms with Crippen molar-refractivity contribution in [2.45, 2.75) is 36.8 Å². The van der Waals surface area contributed by atoms with Gasteiger partial charge >= 0.3 is 17.7 Å². The Morgan fingerprint density at radius 1 is 0.900 bits per heavy atom. The molecular weight excluding hydrogens is 411 g/mol. The molecule has 0 saturated heterocycles. The third kappa shape index (κ3) is 3.65. The zero-order valence-corrected chi connectivity index (χ0v) is 15.4. The molecule has 2 aromatic carbocycles. The molecule has 1 N–H and O–H groups in total. The average molecular weight is 428 g/mol. The molecule has 0 fully saturated rings. The summed E-state index contributed by atoms with van der Waals surface area (Å²) in [6, 6.07) is 15.3. The summed E-state index contributed by atoms with van der Waals surface area (Å²) in [5.74, 6) is -14.0. The fourth-order valence-corrected chi connectivity index (χ4v) is 2.93. The van der Waals surface area contributed by atoms with Crippen molar-refractivity contribution in [3.63, 3.8) is 0 Å². The molecule has 2 aromatic rings. The van der Waals surface area contributed by atoms with Gasteiger partial charge < -0.3 is 14.6 Å². The molecule has 3 atom stereocenters. The van der Waals surface area contributed by atoms with Gasteiger partial charge in [0.2, 0.25) is 6.17 Å². The maximum absolute atomic E-state index is 15.3. The summed E-state index contributed by atoms with van der Waals surface area (Å²) in [6.45, 7) is -1.28. The minimum Gasteiger partial charge on any atom is -0.490 e. The van der Waals surface area contributed by atoms with E-state index in [1.807, 2.05) is 0 Å². The van der Waals surface area contributed by atoms with Crippen LogP contribution in [0.2, 0.25) is 0 Å². The zero-order chi connectivity index (χ0) is 22.0. The predicted molar refractivity (Wildman–Crippen MR) is 95.7 cm³/mol. The van der Waals surface area contributed by atoms with E-state index in [2.05, 4.69) is 4.74 Å². The second-order valence-electron chi connectivity index (χ2n) is 6.69. The molecule has 1 aliphatic rings. The van der Waals surface area contributed by atoms with E-state index in [9.17, 15) is 22.4 Å². The molecule has 0 spiro atoms. The number of hydrogen-bond donors (Lipinski definition) is 1. The lowest BCUT2D eigenvalue weighted by Gasteiger charge is -2.43. The van der Waals surface area contributed by atoms with E-state index < -0.39 is 48.6 Å². The predicted octanol–water partition coefficient (Wildman–Crippen LogP) is 4.75. The van der Waals surface area contributed by atoms with Gasteiger partial charge in [0.1, 0.15) is 12.4 Å². The summed E-state index contributed by atoms with van der Waals surface area (Å²) in [5, 5.41) is 9.04. The van der Waals surface area contributed by atoms with Crippen molar-refractivity contribution >= 4 is 5.97 Å². The fourth-order valence-electron chi connectivity index (χ4n) is 2.93. The Kier molecular flexibility index (Phi) is 5.85. The standard InChI is InChI=1S/C21H17F5O4/c22-17-16(29-12-14-7-3-1-4-8-14)11-19(23,18(27)28)21(25,26)20(17,24)30-13-15-9-5-2-6-10-15/h1-11,17H,12-13H2,(H,27,28). The van der Waals surface area contributed by atoms with Crippen molar-refractivity contribution in [1.29, 1.82) is 0 Å². The first kappa shape index (κ1) is 21.8. The molecule has 0 radical (unpaired) electrons. The number of ether oxygens (including phenoxy) is 2. The molecule has 30 heavy (non-hydrogen) atoms. The highest BCUT2D eigenvalue weighted by atomic mass is 19.3. The van der Waals surface area contributed by atoms with E-state index in [1.54, 1.807) is 36.4 Å². The lowest BCUT2D eigenvalue weighted by molar-refractivity contribution is -0.340. The van der Waals surface area contributed by atoms with Crippen molar-refractivity contribution in [3.05, 3.63) is 83.6 Å². The van der Waals surface area contributed by atoms with Gasteiger partial charge in [0.15, 0.2) is 0 Å². The van der Waals surface area contributed by atoms with Crippen LogP contribution in [0, 0.1) is 0 Å². The number of benzene rings is 2. The Labute approximate surface area is 168 Å². The second kappa shape index (κ2) is 8.06. The molecule has 1 aliphatic carbocycles. The Morgan fingerprint density at radius 2 is 1.40 bits per heavy atom. The zero-order valence-electron chi connectivity index (χ0n) is 15.4. The van der Waals surface area contributed by atoms with Crippen molar-refractivity contribution < 1.29 is 41.3 Å². The van der Waals surface area contributed by atoms with Gasteiger partial charge in [-0.15, -0.1) is 0 Å². The average Bonchev–Trinajstić information content (AvgIpc) is 2.74. The van der Waals surface area contributed by atoms with Crippen LogP contribution in [-0.4, -0.2) is 34.7 Å². The number of carboxylic acid groups (broad SMARTS) is 1. The summed E-state index contributed by atoms with van der Waals surface area (Å²) in [6.07, 6.45) is -3.52. The van der Waals surface area contributed by atoms with Crippen LogP contribution in [-0.2, 0) is 27.5 Å². The summed E-state index contributed by atoms with van der Waals surface area (Å²) < 4.78 is 83.8. The van der Waals surface area contributed by atoms with Crippen LogP contribution < -0.4 is 0 Å². The number of carbonyl (C=O) groups is 1. The highest BCUT2D eigenvalue weighted by molar-refractivity contribution is 5.82. The summed E-state index contributed by atoms with van der Waals surface area (Å²) in [7, 11) is 0. The molecule has 160 valence electrons. The van der Waals surface area contributed by atoms with Crippen LogP contribution >= 0.6 is 0 Å². The maximum atomic E-state index is 15.3. The van der Waals surface area contributed by atoms with Gasteiger partial charge in [0, 0.05) is 6.08 Å². The van der Waals surface area contributed by atoms with Crippen molar-refractivity contribution in [3.8, 4) is 0 Å². The largest absolute Gasteiger partial charge is 0.490 e. The molecule has 0 heterocycles. The SMILES string of the molecule is O=C(O)C1(F)C=C(OCc2ccccc2)C(F)C(F)(OCc2ccccc2)C1(F)F. The molecule has 0 amide bonds. The van der Waals surface area contributed by atoms with Crippen molar-refractivity contribution in [2.24, 2.45) is 0 Å². The number of alkyl halides is 5. The number of hydrogen-bond acceptors (Lipinski definition) is 3. The molecule has 3 unspecified atom stereocenters. The van der Waals surface area contributed by atoms with Gasteiger partial charge in [0.05, 0.1) is 6.61 Å². The molecule has 0 aliphatic heterocycles. The summed E-state index contributed by atoms with van der Waals surface area (Å²) >= 11 is 0. The molecule has 0 aromatic heterocycles. The highest BCUT2D eigenvalue weighted by Gasteiger charge is 2.79. The lowest BCUT2D eigenvalue weighted by atomic mass is 9.82. The van der Waals surface area contributed by atoms with E-state index >= 15 is 4.39 Å². The third-order valence-electron chi connectivity index (χ3n) is 4.65. The Bertz CT molecular complexity index is 922. The van der Waals surface area contributed by atoms with Crippen LogP contribution in [0.15, 0.2) is 72.5 Å². The molecular formula is C21H17F5O4. The minimum atomic E-state index is -5.39. The topological polar surface area (TPSA) is 55.8 Å². The quantitative estimate of drug-likeness (QED) is 0.647. The van der Waals surface area contributed by atoms with Gasteiger partial charge in [0.25, 0.3) is 5.67 Å². The molecule has 3 rings (SSSR count). The smallest absolute Gasteiger partial charge is 0.356 e. The summed E-state index contributed by atoms with van der Waals surface area (Å²) in [5.41, 5.74) is -3.96. The normalized spacial score (nSPS) is 27.9. The number of carboxylic acids is 1. The first-order valence-electron chi connectivity index (χ1n) is 8.82. The Morgan fingerprint density at radius 3 is 1.90 bits per heavy atom. The summed E-state index contributed by atoms with van der Waals surface area (Å²) in [4.78, 5) is 11.3. The van der Waals surface area contributed by atoms with E-state index in [1.165, 1.54) is 24.3 Å². The van der Waals surface area contributed by atoms with Gasteiger partial charge in [-0.3, -0.25) is 0 Å². The van der Waals surface area contributed by atoms with Crippen molar-refractivity contribution in [2.75, 3.05) is 0 Å². The van der Waals surface area contributed by atoms with E-state index in [0.29, 0.717) is 5.56 Å². The minimum absolute atomic E-state index is 0.193. The van der Waals surface area contributed by atoms with Crippen molar-refractivity contribution in [1.82, 2.24) is 0 Å². The monoisotopic (exact) mass is 428 g/mol. The van der Waals surface area contributed by atoms with Gasteiger partial charge in [-0.2, -0.15) is 8.78 Å². The van der Waals surface area contributed by atoms with E-state index in [-0.39, 0.29) is 11.6 Å². The number of halogens is 5. The molecule has 4 nitrogen and oxygen atoms in total. The second-order valence-corrected chi connectivity index (χ2v) is 6.69. The van der Waals surface area contributed by atoms with Gasteiger partial charge in [-0.1, -0.05) is 60.7 Å². The third-order valence-corrected chi connectivity index (χ3v) is 4.65. The number of aliphatic carboxylic acids is 1. The fraction of sp³-hybridized carbons (Fsp3) is 0.286. The van der Waals surface area contributed by atoms with Gasteiger partial charge in [-0.25, -0.2) is 18.0 Å². The van der Waals surface area contributed by atoms with Crippen LogP contribution in [0.4, 0.5) is 22.0 Å². The van der Waals surface area contributed by atoms with Crippen LogP contribution in [0.1, 0.15) is 11.1 Å². The van der Waals surface area contributed by atoms with E-state index in [0.717, 1.165) is 0 Å². The van der Waals surface area contributed by atoms with Crippen LogP contribution in [0.25, 0.3) is 0 Å². The number of rotatable bonds is 7. The maximum Gasteiger partial charge on any atom is 0.356 e. The molecule has 0 saturated carbocycles.